The number of ether oxygens (including phenoxy) is 1. The molecule has 5 rings (SSSR count). The third kappa shape index (κ3) is 6.14. The topological polar surface area (TPSA) is 149 Å². The third-order valence-electron chi connectivity index (χ3n) is 6.71. The number of anilines is 2. The zero-order valence-corrected chi connectivity index (χ0v) is 24.3. The van der Waals surface area contributed by atoms with E-state index >= 15 is 0 Å². The minimum atomic E-state index is -3.96. The van der Waals surface area contributed by atoms with Crippen molar-refractivity contribution in [3.05, 3.63) is 113 Å². The van der Waals surface area contributed by atoms with Gasteiger partial charge in [0.05, 0.1) is 4.90 Å². The highest BCUT2D eigenvalue weighted by Gasteiger charge is 2.26. The summed E-state index contributed by atoms with van der Waals surface area (Å²) in [7, 11) is -2.47. The summed E-state index contributed by atoms with van der Waals surface area (Å²) in [5.74, 6) is -1.58. The summed E-state index contributed by atoms with van der Waals surface area (Å²) in [6, 6.07) is 21.5. The molecule has 0 bridgehead atoms. The van der Waals surface area contributed by atoms with E-state index in [2.05, 4.69) is 20.0 Å². The van der Waals surface area contributed by atoms with E-state index in [-0.39, 0.29) is 27.8 Å². The number of nitrogens with one attached hydrogen (secondary N) is 2. The van der Waals surface area contributed by atoms with Gasteiger partial charge in [-0.15, -0.1) is 0 Å². The largest absolute Gasteiger partial charge is 0.448 e. The zero-order chi connectivity index (χ0) is 30.7. The fraction of sp³-hybridized carbons (Fsp3) is 0.129. The van der Waals surface area contributed by atoms with Crippen molar-refractivity contribution in [2.75, 3.05) is 10.0 Å². The molecule has 0 aliphatic carbocycles. The van der Waals surface area contributed by atoms with Crippen LogP contribution in [0.3, 0.4) is 0 Å². The molecule has 11 nitrogen and oxygen atoms in total. The number of fused-ring (bicyclic) bond motifs is 1. The number of aromatic nitrogens is 3. The maximum atomic E-state index is 13.5. The van der Waals surface area contributed by atoms with E-state index in [1.54, 1.807) is 30.3 Å². The number of carbonyl (C=O) groups is 2. The van der Waals surface area contributed by atoms with E-state index in [1.807, 2.05) is 31.2 Å². The lowest BCUT2D eigenvalue weighted by Crippen LogP contribution is -2.33. The first-order valence-electron chi connectivity index (χ1n) is 13.2. The van der Waals surface area contributed by atoms with Crippen LogP contribution in [-0.4, -0.2) is 40.9 Å². The van der Waals surface area contributed by atoms with Crippen molar-refractivity contribution in [3.8, 4) is 11.1 Å². The number of rotatable bonds is 8. The SMILES string of the molecule is Cc1ccc(-c2c(C(=O)OC(C)C(=O)Nc3ccc(S(=O)(=O)Nc4ncccn4)cc3)n(C)c(=O)c3ccccc23)cc1. The Kier molecular flexibility index (Phi) is 8.04. The fourth-order valence-corrected chi connectivity index (χ4v) is 5.44. The van der Waals surface area contributed by atoms with Gasteiger partial charge in [0.1, 0.15) is 5.69 Å². The van der Waals surface area contributed by atoms with E-state index in [0.717, 1.165) is 5.56 Å². The van der Waals surface area contributed by atoms with Crippen LogP contribution in [-0.2, 0) is 26.6 Å². The number of amides is 1. The second-order valence-corrected chi connectivity index (χ2v) is 11.4. The highest BCUT2D eigenvalue weighted by molar-refractivity contribution is 7.92. The number of pyridine rings is 1. The van der Waals surface area contributed by atoms with Crippen molar-refractivity contribution in [2.45, 2.75) is 24.8 Å². The lowest BCUT2D eigenvalue weighted by molar-refractivity contribution is -0.123. The summed E-state index contributed by atoms with van der Waals surface area (Å²) in [6.07, 6.45) is 1.56. The number of hydrogen-bond acceptors (Lipinski definition) is 8. The molecular formula is C31H27N5O6S. The minimum Gasteiger partial charge on any atom is -0.448 e. The molecular weight excluding hydrogens is 570 g/mol. The Labute approximate surface area is 247 Å². The van der Waals surface area contributed by atoms with Crippen molar-refractivity contribution in [1.29, 1.82) is 0 Å². The molecule has 0 saturated heterocycles. The average Bonchev–Trinajstić information content (AvgIpc) is 3.00. The van der Waals surface area contributed by atoms with E-state index in [9.17, 15) is 22.8 Å². The molecule has 1 unspecified atom stereocenters. The second kappa shape index (κ2) is 11.9. The van der Waals surface area contributed by atoms with E-state index in [1.165, 1.54) is 55.2 Å². The maximum Gasteiger partial charge on any atom is 0.356 e. The lowest BCUT2D eigenvalue weighted by atomic mass is 9.96. The molecule has 1 atom stereocenters. The summed E-state index contributed by atoms with van der Waals surface area (Å²) in [5.41, 5.74) is 2.17. The number of carbonyl (C=O) groups excluding carboxylic acids is 2. The summed E-state index contributed by atoms with van der Waals surface area (Å²) in [6.45, 7) is 3.35. The van der Waals surface area contributed by atoms with Crippen LogP contribution in [0.1, 0.15) is 23.0 Å². The Morgan fingerprint density at radius 3 is 2.16 bits per heavy atom. The Balaban J connectivity index is 1.36. The second-order valence-electron chi connectivity index (χ2n) is 9.74. The highest BCUT2D eigenvalue weighted by atomic mass is 32.2. The molecule has 218 valence electrons. The zero-order valence-electron chi connectivity index (χ0n) is 23.4. The molecule has 0 spiro atoms. The van der Waals surface area contributed by atoms with Crippen LogP contribution in [0.4, 0.5) is 11.6 Å². The summed E-state index contributed by atoms with van der Waals surface area (Å²) in [5, 5.41) is 3.64. The van der Waals surface area contributed by atoms with Gasteiger partial charge in [0.2, 0.25) is 5.95 Å². The van der Waals surface area contributed by atoms with Crippen LogP contribution in [0.2, 0.25) is 0 Å². The predicted octanol–water partition coefficient (Wildman–Crippen LogP) is 4.29. The molecule has 12 heteroatoms. The van der Waals surface area contributed by atoms with Gasteiger partial charge in [-0.05, 0) is 61.2 Å². The first-order chi connectivity index (χ1) is 20.5. The quantitative estimate of drug-likeness (QED) is 0.252. The van der Waals surface area contributed by atoms with Crippen molar-refractivity contribution >= 4 is 44.3 Å². The highest BCUT2D eigenvalue weighted by Crippen LogP contribution is 2.31. The number of benzene rings is 3. The maximum absolute atomic E-state index is 13.5. The molecule has 2 N–H and O–H groups in total. The summed E-state index contributed by atoms with van der Waals surface area (Å²) < 4.78 is 34.3. The van der Waals surface area contributed by atoms with Crippen LogP contribution in [0.5, 0.6) is 0 Å². The third-order valence-corrected chi connectivity index (χ3v) is 8.06. The molecule has 3 aromatic carbocycles. The Morgan fingerprint density at radius 1 is 0.884 bits per heavy atom. The number of hydrogen-bond donors (Lipinski definition) is 2. The molecule has 0 radical (unpaired) electrons. The minimum absolute atomic E-state index is 0.0108. The monoisotopic (exact) mass is 597 g/mol. The van der Waals surface area contributed by atoms with Crippen LogP contribution in [0.15, 0.2) is 101 Å². The van der Waals surface area contributed by atoms with Gasteiger partial charge in [-0.1, -0.05) is 48.0 Å². The number of esters is 1. The standard InChI is InChI=1S/C31H27N5O6S/c1-19-9-11-21(12-10-19)26-24-7-4-5-8-25(24)29(38)36(3)27(26)30(39)42-20(2)28(37)34-22-13-15-23(16-14-22)43(40,41)35-31-32-17-6-18-33-31/h4-18,20H,1-3H3,(H,34,37)(H,32,33,35). The Bertz CT molecular complexity index is 1990. The van der Waals surface area contributed by atoms with Gasteiger partial charge in [-0.3, -0.25) is 9.59 Å². The van der Waals surface area contributed by atoms with Crippen molar-refractivity contribution < 1.29 is 22.7 Å². The van der Waals surface area contributed by atoms with Gasteiger partial charge in [0.25, 0.3) is 21.5 Å². The Morgan fingerprint density at radius 2 is 1.51 bits per heavy atom. The van der Waals surface area contributed by atoms with Crippen molar-refractivity contribution in [3.63, 3.8) is 0 Å². The van der Waals surface area contributed by atoms with Crippen LogP contribution >= 0.6 is 0 Å². The molecule has 0 saturated carbocycles. The lowest BCUT2D eigenvalue weighted by Gasteiger charge is -2.19. The smallest absolute Gasteiger partial charge is 0.356 e. The number of aryl methyl sites for hydroxylation is 1. The fourth-order valence-electron chi connectivity index (χ4n) is 4.48. The molecule has 43 heavy (non-hydrogen) atoms. The van der Waals surface area contributed by atoms with Gasteiger partial charge < -0.3 is 14.6 Å². The van der Waals surface area contributed by atoms with Gasteiger partial charge in [-0.2, -0.15) is 0 Å². The van der Waals surface area contributed by atoms with Gasteiger partial charge in [0, 0.05) is 36.1 Å². The molecule has 1 amide bonds. The van der Waals surface area contributed by atoms with Crippen molar-refractivity contribution in [2.24, 2.45) is 7.05 Å². The van der Waals surface area contributed by atoms with Gasteiger partial charge in [-0.25, -0.2) is 27.9 Å². The molecule has 0 aliphatic heterocycles. The Hall–Kier alpha value is -5.36. The molecule has 5 aromatic rings. The van der Waals surface area contributed by atoms with E-state index in [0.29, 0.717) is 21.9 Å². The molecule has 0 aliphatic rings. The number of nitrogens with zero attached hydrogens (tertiary/aromatic N) is 3. The first-order valence-corrected chi connectivity index (χ1v) is 14.6. The van der Waals surface area contributed by atoms with Crippen LogP contribution in [0, 0.1) is 6.92 Å². The molecule has 0 fully saturated rings. The van der Waals surface area contributed by atoms with Crippen LogP contribution in [0.25, 0.3) is 21.9 Å². The average molecular weight is 598 g/mol. The predicted molar refractivity (Wildman–Crippen MR) is 162 cm³/mol. The molecule has 2 heterocycles. The number of sulfonamides is 1. The normalized spacial score (nSPS) is 12.0. The summed E-state index contributed by atoms with van der Waals surface area (Å²) in [4.78, 5) is 47.3. The van der Waals surface area contributed by atoms with Gasteiger partial charge in [0.15, 0.2) is 6.10 Å². The van der Waals surface area contributed by atoms with E-state index in [4.69, 9.17) is 4.74 Å². The first kappa shape index (κ1) is 29.1. The molecule has 2 aromatic heterocycles. The van der Waals surface area contributed by atoms with Gasteiger partial charge >= 0.3 is 5.97 Å². The summed E-state index contributed by atoms with van der Waals surface area (Å²) >= 11 is 0. The van der Waals surface area contributed by atoms with Crippen molar-refractivity contribution in [1.82, 2.24) is 14.5 Å². The van der Waals surface area contributed by atoms with E-state index < -0.39 is 28.0 Å². The van der Waals surface area contributed by atoms with Crippen LogP contribution < -0.4 is 15.6 Å².